The van der Waals surface area contributed by atoms with Gasteiger partial charge in [0.25, 0.3) is 0 Å². The van der Waals surface area contributed by atoms with Crippen molar-refractivity contribution in [2.45, 2.75) is 12.8 Å². The van der Waals surface area contributed by atoms with E-state index in [0.29, 0.717) is 25.9 Å². The van der Waals surface area contributed by atoms with E-state index in [4.69, 9.17) is 0 Å². The maximum Gasteiger partial charge on any atom is 0.211 e. The first kappa shape index (κ1) is 13.6. The molecule has 0 saturated carbocycles. The minimum absolute atomic E-state index is 0.172. The molecule has 1 aromatic rings. The molecule has 5 nitrogen and oxygen atoms in total. The van der Waals surface area contributed by atoms with Gasteiger partial charge in [-0.1, -0.05) is 0 Å². The molecular formula is C9H17N3O2S2. The van der Waals surface area contributed by atoms with Crippen molar-refractivity contribution in [3.8, 4) is 0 Å². The van der Waals surface area contributed by atoms with Crippen molar-refractivity contribution in [3.05, 3.63) is 16.6 Å². The fourth-order valence-corrected chi connectivity index (χ4v) is 2.88. The van der Waals surface area contributed by atoms with Crippen molar-refractivity contribution in [1.29, 1.82) is 0 Å². The molecule has 0 aliphatic rings. The lowest BCUT2D eigenvalue weighted by Crippen LogP contribution is -2.29. The lowest BCUT2D eigenvalue weighted by Gasteiger charge is -2.05. The van der Waals surface area contributed by atoms with Gasteiger partial charge in [0.15, 0.2) is 0 Å². The zero-order valence-electron chi connectivity index (χ0n) is 9.27. The maximum atomic E-state index is 11.5. The average molecular weight is 263 g/mol. The molecule has 92 valence electrons. The molecule has 0 unspecified atom stereocenters. The van der Waals surface area contributed by atoms with Crippen LogP contribution in [0.25, 0.3) is 0 Å². The molecule has 16 heavy (non-hydrogen) atoms. The number of nitrogens with one attached hydrogen (secondary N) is 2. The summed E-state index contributed by atoms with van der Waals surface area (Å²) in [4.78, 5) is 4.08. The summed E-state index contributed by atoms with van der Waals surface area (Å²) in [5.74, 6) is 0.172. The molecule has 1 aromatic heterocycles. The summed E-state index contributed by atoms with van der Waals surface area (Å²) in [6.45, 7) is 1.14. The topological polar surface area (TPSA) is 71.1 Å². The van der Waals surface area contributed by atoms with E-state index in [1.165, 1.54) is 11.3 Å². The Kier molecular flexibility index (Phi) is 5.89. The number of hydrogen-bond acceptors (Lipinski definition) is 5. The van der Waals surface area contributed by atoms with Gasteiger partial charge in [0.2, 0.25) is 10.0 Å². The lowest BCUT2D eigenvalue weighted by molar-refractivity contribution is 0.577. The highest BCUT2D eigenvalue weighted by molar-refractivity contribution is 7.89. The van der Waals surface area contributed by atoms with Gasteiger partial charge in [-0.15, -0.1) is 11.3 Å². The van der Waals surface area contributed by atoms with Gasteiger partial charge in [-0.05, 0) is 20.0 Å². The number of hydrogen-bond donors (Lipinski definition) is 2. The minimum atomic E-state index is -3.12. The normalized spacial score (nSPS) is 11.8. The SMILES string of the molecule is CNCCCS(=O)(=O)NCCc1cscn1. The molecule has 1 rings (SSSR count). The Bertz CT molecular complexity index is 375. The van der Waals surface area contributed by atoms with Crippen LogP contribution >= 0.6 is 11.3 Å². The van der Waals surface area contributed by atoms with Crippen LogP contribution in [0, 0.1) is 0 Å². The molecule has 0 radical (unpaired) electrons. The van der Waals surface area contributed by atoms with Crippen molar-refractivity contribution in [2.75, 3.05) is 25.9 Å². The molecule has 0 aromatic carbocycles. The summed E-state index contributed by atoms with van der Waals surface area (Å²) in [5.41, 5.74) is 2.68. The third-order valence-corrected chi connectivity index (χ3v) is 4.13. The van der Waals surface area contributed by atoms with E-state index in [0.717, 1.165) is 5.69 Å². The first-order chi connectivity index (χ1) is 7.64. The number of rotatable bonds is 8. The van der Waals surface area contributed by atoms with Crippen molar-refractivity contribution in [3.63, 3.8) is 0 Å². The second-order valence-corrected chi connectivity index (χ2v) is 6.05. The minimum Gasteiger partial charge on any atom is -0.320 e. The van der Waals surface area contributed by atoms with E-state index >= 15 is 0 Å². The molecule has 0 fully saturated rings. The molecule has 0 spiro atoms. The highest BCUT2D eigenvalue weighted by Gasteiger charge is 2.08. The Balaban J connectivity index is 2.20. The van der Waals surface area contributed by atoms with Gasteiger partial charge in [0.05, 0.1) is 17.0 Å². The lowest BCUT2D eigenvalue weighted by atomic mass is 10.3. The van der Waals surface area contributed by atoms with Crippen LogP contribution in [0.15, 0.2) is 10.9 Å². The van der Waals surface area contributed by atoms with Gasteiger partial charge in [0, 0.05) is 18.3 Å². The smallest absolute Gasteiger partial charge is 0.211 e. The molecule has 0 bridgehead atoms. The summed E-state index contributed by atoms with van der Waals surface area (Å²) in [7, 11) is -1.31. The van der Waals surface area contributed by atoms with Crippen LogP contribution in [0.5, 0.6) is 0 Å². The third kappa shape index (κ3) is 5.55. The average Bonchev–Trinajstić information content (AvgIpc) is 2.70. The van der Waals surface area contributed by atoms with Crippen molar-refractivity contribution >= 4 is 21.4 Å². The molecule has 2 N–H and O–H groups in total. The molecular weight excluding hydrogens is 246 g/mol. The van der Waals surface area contributed by atoms with Gasteiger partial charge in [-0.25, -0.2) is 18.1 Å². The fourth-order valence-electron chi connectivity index (χ4n) is 1.21. The van der Waals surface area contributed by atoms with Gasteiger partial charge in [-0.2, -0.15) is 0 Å². The Morgan fingerprint density at radius 3 is 2.88 bits per heavy atom. The summed E-state index contributed by atoms with van der Waals surface area (Å²) in [5, 5.41) is 4.84. The van der Waals surface area contributed by atoms with E-state index in [1.807, 2.05) is 12.4 Å². The molecule has 0 aliphatic carbocycles. The number of thiazole rings is 1. The standard InChI is InChI=1S/C9H17N3O2S2/c1-10-4-2-6-16(13,14)12-5-3-9-7-15-8-11-9/h7-8,10,12H,2-6H2,1H3. The summed E-state index contributed by atoms with van der Waals surface area (Å²) in [6, 6.07) is 0. The Morgan fingerprint density at radius 2 is 2.25 bits per heavy atom. The second-order valence-electron chi connectivity index (χ2n) is 3.40. The van der Waals surface area contributed by atoms with E-state index in [2.05, 4.69) is 15.0 Å². The van der Waals surface area contributed by atoms with Crippen LogP contribution in [-0.4, -0.2) is 39.3 Å². The van der Waals surface area contributed by atoms with Gasteiger partial charge in [0.1, 0.15) is 0 Å². The summed E-state index contributed by atoms with van der Waals surface area (Å²) in [6.07, 6.45) is 1.28. The zero-order valence-corrected chi connectivity index (χ0v) is 10.9. The van der Waals surface area contributed by atoms with E-state index in [1.54, 1.807) is 5.51 Å². The first-order valence-corrected chi connectivity index (χ1v) is 7.72. The number of nitrogens with zero attached hydrogens (tertiary/aromatic N) is 1. The summed E-state index contributed by atoms with van der Waals surface area (Å²) >= 11 is 1.52. The quantitative estimate of drug-likeness (QED) is 0.658. The fraction of sp³-hybridized carbons (Fsp3) is 0.667. The van der Waals surface area contributed by atoms with Crippen molar-refractivity contribution in [1.82, 2.24) is 15.0 Å². The Morgan fingerprint density at radius 1 is 1.44 bits per heavy atom. The largest absolute Gasteiger partial charge is 0.320 e. The Labute approximate surface area is 100 Å². The maximum absolute atomic E-state index is 11.5. The van der Waals surface area contributed by atoms with Crippen LogP contribution in [0.4, 0.5) is 0 Å². The number of sulfonamides is 1. The predicted molar refractivity (Wildman–Crippen MR) is 66.2 cm³/mol. The van der Waals surface area contributed by atoms with Crippen LogP contribution in [0.1, 0.15) is 12.1 Å². The van der Waals surface area contributed by atoms with Gasteiger partial charge < -0.3 is 5.32 Å². The van der Waals surface area contributed by atoms with Gasteiger partial charge in [-0.3, -0.25) is 0 Å². The van der Waals surface area contributed by atoms with Crippen molar-refractivity contribution in [2.24, 2.45) is 0 Å². The summed E-state index contributed by atoms with van der Waals surface area (Å²) < 4.78 is 25.5. The Hall–Kier alpha value is -0.500. The number of aromatic nitrogens is 1. The molecule has 0 saturated heterocycles. The third-order valence-electron chi connectivity index (χ3n) is 2.03. The second kappa shape index (κ2) is 6.95. The molecule has 1 heterocycles. The van der Waals surface area contributed by atoms with Crippen LogP contribution in [-0.2, 0) is 16.4 Å². The monoisotopic (exact) mass is 263 g/mol. The highest BCUT2D eigenvalue weighted by atomic mass is 32.2. The van der Waals surface area contributed by atoms with E-state index in [-0.39, 0.29) is 5.75 Å². The van der Waals surface area contributed by atoms with Crippen LogP contribution in [0.3, 0.4) is 0 Å². The predicted octanol–water partition coefficient (Wildman–Crippen LogP) is 0.215. The van der Waals surface area contributed by atoms with E-state index in [9.17, 15) is 8.42 Å². The molecule has 0 atom stereocenters. The zero-order chi connectivity index (χ0) is 11.9. The molecule has 0 aliphatic heterocycles. The van der Waals surface area contributed by atoms with E-state index < -0.39 is 10.0 Å². The highest BCUT2D eigenvalue weighted by Crippen LogP contribution is 2.01. The van der Waals surface area contributed by atoms with Gasteiger partial charge >= 0.3 is 0 Å². The molecule has 0 amide bonds. The van der Waals surface area contributed by atoms with Crippen molar-refractivity contribution < 1.29 is 8.42 Å². The van der Waals surface area contributed by atoms with Crippen LogP contribution < -0.4 is 10.0 Å². The first-order valence-electron chi connectivity index (χ1n) is 5.13. The van der Waals surface area contributed by atoms with Crippen LogP contribution in [0.2, 0.25) is 0 Å². The molecule has 7 heteroatoms.